The van der Waals surface area contributed by atoms with Crippen LogP contribution >= 0.6 is 0 Å². The van der Waals surface area contributed by atoms with Crippen LogP contribution in [0.15, 0.2) is 30.8 Å². The molecule has 1 aromatic rings. The summed E-state index contributed by atoms with van der Waals surface area (Å²) in [7, 11) is -0.132. The molecule has 1 aromatic carbocycles. The van der Waals surface area contributed by atoms with E-state index in [1.807, 2.05) is 6.08 Å². The fourth-order valence-electron chi connectivity index (χ4n) is 1.18. The zero-order valence-electron chi connectivity index (χ0n) is 7.80. The summed E-state index contributed by atoms with van der Waals surface area (Å²) < 4.78 is 0. The van der Waals surface area contributed by atoms with Crippen molar-refractivity contribution >= 4 is 14.9 Å². The minimum absolute atomic E-state index is 0.132. The van der Waals surface area contributed by atoms with Crippen LogP contribution in [0, 0.1) is 0 Å². The van der Waals surface area contributed by atoms with Crippen LogP contribution in [0.3, 0.4) is 0 Å². The Morgan fingerprint density at radius 2 is 1.83 bits per heavy atom. The highest BCUT2D eigenvalue weighted by molar-refractivity contribution is 6.55. The van der Waals surface area contributed by atoms with E-state index >= 15 is 0 Å². The number of hydrogen-bond acceptors (Lipinski definition) is 0. The van der Waals surface area contributed by atoms with Crippen LogP contribution < -0.4 is 0 Å². The van der Waals surface area contributed by atoms with Gasteiger partial charge < -0.3 is 0 Å². The molecule has 0 atom stereocenters. The van der Waals surface area contributed by atoms with Crippen molar-refractivity contribution in [3.63, 3.8) is 0 Å². The van der Waals surface area contributed by atoms with Crippen molar-refractivity contribution in [3.05, 3.63) is 42.0 Å². The molecule has 0 N–H and O–H groups in total. The van der Waals surface area contributed by atoms with Crippen LogP contribution in [0.1, 0.15) is 11.1 Å². The normalized spacial score (nSPS) is 10.2. The SMILES string of the molecule is C=Cc1ccc(C[Si](C)C)cc1. The zero-order chi connectivity index (χ0) is 8.97. The minimum Gasteiger partial charge on any atom is -0.0985 e. The first-order valence-corrected chi connectivity index (χ1v) is 6.93. The second-order valence-corrected chi connectivity index (χ2v) is 6.10. The molecule has 0 unspecified atom stereocenters. The molecule has 0 aliphatic heterocycles. The first kappa shape index (κ1) is 9.27. The van der Waals surface area contributed by atoms with Gasteiger partial charge in [0.15, 0.2) is 0 Å². The van der Waals surface area contributed by atoms with Crippen molar-refractivity contribution in [2.24, 2.45) is 0 Å². The fraction of sp³-hybridized carbons (Fsp3) is 0.273. The Labute approximate surface area is 76.5 Å². The van der Waals surface area contributed by atoms with Crippen LogP contribution in [0.25, 0.3) is 6.08 Å². The molecule has 0 aromatic heterocycles. The third kappa shape index (κ3) is 2.66. The molecule has 1 rings (SSSR count). The molecular formula is C11H15Si. The molecule has 0 aliphatic carbocycles. The summed E-state index contributed by atoms with van der Waals surface area (Å²) in [6.45, 7) is 8.41. The molecule has 0 nitrogen and oxygen atoms in total. The maximum Gasteiger partial charge on any atom is 0.0460 e. The topological polar surface area (TPSA) is 0 Å². The Kier molecular flexibility index (Phi) is 3.29. The lowest BCUT2D eigenvalue weighted by molar-refractivity contribution is 1.35. The van der Waals surface area contributed by atoms with E-state index in [-0.39, 0.29) is 8.80 Å². The van der Waals surface area contributed by atoms with Crippen molar-refractivity contribution in [1.29, 1.82) is 0 Å². The average Bonchev–Trinajstić information content (AvgIpc) is 2.05. The van der Waals surface area contributed by atoms with Gasteiger partial charge in [-0.15, -0.1) is 0 Å². The van der Waals surface area contributed by atoms with Gasteiger partial charge in [-0.25, -0.2) is 0 Å². The first-order chi connectivity index (χ1) is 5.72. The van der Waals surface area contributed by atoms with Gasteiger partial charge in [-0.2, -0.15) is 0 Å². The van der Waals surface area contributed by atoms with Gasteiger partial charge in [-0.1, -0.05) is 55.6 Å². The minimum atomic E-state index is -0.132. The molecule has 0 amide bonds. The lowest BCUT2D eigenvalue weighted by Gasteiger charge is -2.02. The Morgan fingerprint density at radius 3 is 2.25 bits per heavy atom. The van der Waals surface area contributed by atoms with Gasteiger partial charge in [0, 0.05) is 8.80 Å². The summed E-state index contributed by atoms with van der Waals surface area (Å²) in [4.78, 5) is 0. The van der Waals surface area contributed by atoms with E-state index in [9.17, 15) is 0 Å². The third-order valence-corrected chi connectivity index (χ3v) is 2.89. The van der Waals surface area contributed by atoms with E-state index in [0.29, 0.717) is 0 Å². The summed E-state index contributed by atoms with van der Waals surface area (Å²) in [5.41, 5.74) is 2.67. The van der Waals surface area contributed by atoms with E-state index in [4.69, 9.17) is 0 Å². The third-order valence-electron chi connectivity index (χ3n) is 1.77. The van der Waals surface area contributed by atoms with Crippen molar-refractivity contribution in [3.8, 4) is 0 Å². The van der Waals surface area contributed by atoms with Crippen LogP contribution in [-0.4, -0.2) is 8.80 Å². The molecule has 0 aliphatic rings. The number of rotatable bonds is 3. The molecule has 0 fully saturated rings. The second-order valence-electron chi connectivity index (χ2n) is 3.33. The quantitative estimate of drug-likeness (QED) is 0.619. The Morgan fingerprint density at radius 1 is 1.25 bits per heavy atom. The van der Waals surface area contributed by atoms with E-state index in [1.54, 1.807) is 0 Å². The number of hydrogen-bond donors (Lipinski definition) is 0. The van der Waals surface area contributed by atoms with E-state index in [0.717, 1.165) is 0 Å². The highest BCUT2D eigenvalue weighted by Crippen LogP contribution is 2.07. The van der Waals surface area contributed by atoms with Crippen molar-refractivity contribution < 1.29 is 0 Å². The van der Waals surface area contributed by atoms with Crippen molar-refractivity contribution in [2.45, 2.75) is 19.1 Å². The maximum absolute atomic E-state index is 3.73. The van der Waals surface area contributed by atoms with Crippen molar-refractivity contribution in [1.82, 2.24) is 0 Å². The molecule has 0 bridgehead atoms. The van der Waals surface area contributed by atoms with Crippen molar-refractivity contribution in [2.75, 3.05) is 0 Å². The van der Waals surface area contributed by atoms with E-state index in [2.05, 4.69) is 43.9 Å². The first-order valence-electron chi connectivity index (χ1n) is 4.23. The molecule has 0 heterocycles. The highest BCUT2D eigenvalue weighted by Gasteiger charge is 1.97. The Hall–Kier alpha value is -0.823. The Bertz CT molecular complexity index is 246. The van der Waals surface area contributed by atoms with Gasteiger partial charge in [0.1, 0.15) is 0 Å². The predicted molar refractivity (Wildman–Crippen MR) is 57.7 cm³/mol. The lowest BCUT2D eigenvalue weighted by Crippen LogP contribution is -2.04. The fourth-order valence-corrected chi connectivity index (χ4v) is 2.23. The van der Waals surface area contributed by atoms with E-state index in [1.165, 1.54) is 17.2 Å². The van der Waals surface area contributed by atoms with Gasteiger partial charge in [-0.3, -0.25) is 0 Å². The summed E-state index contributed by atoms with van der Waals surface area (Å²) >= 11 is 0. The molecule has 1 radical (unpaired) electrons. The molecule has 12 heavy (non-hydrogen) atoms. The monoisotopic (exact) mass is 175 g/mol. The Balaban J connectivity index is 2.71. The molecule has 0 saturated heterocycles. The van der Waals surface area contributed by atoms with E-state index < -0.39 is 0 Å². The standard InChI is InChI=1S/C11H15Si/c1-4-10-5-7-11(8-6-10)9-12(2)3/h4-8H,1,9H2,2-3H3. The molecule has 63 valence electrons. The summed E-state index contributed by atoms with van der Waals surface area (Å²) in [5.74, 6) is 0. The van der Waals surface area contributed by atoms with Gasteiger partial charge in [-0.05, 0) is 11.6 Å². The van der Waals surface area contributed by atoms with Crippen LogP contribution in [-0.2, 0) is 6.04 Å². The van der Waals surface area contributed by atoms with Crippen LogP contribution in [0.5, 0.6) is 0 Å². The van der Waals surface area contributed by atoms with Gasteiger partial charge in [0.05, 0.1) is 0 Å². The van der Waals surface area contributed by atoms with Crippen LogP contribution in [0.4, 0.5) is 0 Å². The lowest BCUT2D eigenvalue weighted by atomic mass is 10.1. The van der Waals surface area contributed by atoms with Crippen LogP contribution in [0.2, 0.25) is 13.1 Å². The van der Waals surface area contributed by atoms with Gasteiger partial charge in [0.25, 0.3) is 0 Å². The maximum atomic E-state index is 3.73. The van der Waals surface area contributed by atoms with Gasteiger partial charge in [0.2, 0.25) is 0 Å². The molecule has 1 heteroatoms. The predicted octanol–water partition coefficient (Wildman–Crippen LogP) is 3.17. The summed E-state index contributed by atoms with van der Waals surface area (Å²) in [6, 6.07) is 9.94. The number of benzene rings is 1. The van der Waals surface area contributed by atoms with Gasteiger partial charge >= 0.3 is 0 Å². The zero-order valence-corrected chi connectivity index (χ0v) is 8.80. The smallest absolute Gasteiger partial charge is 0.0460 e. The average molecular weight is 175 g/mol. The molecule has 0 spiro atoms. The summed E-state index contributed by atoms with van der Waals surface area (Å²) in [6.07, 6.45) is 1.88. The summed E-state index contributed by atoms with van der Waals surface area (Å²) in [5, 5.41) is 0. The highest BCUT2D eigenvalue weighted by atomic mass is 28.3. The molecule has 0 saturated carbocycles. The largest absolute Gasteiger partial charge is 0.0985 e. The molecular weight excluding hydrogens is 160 g/mol. The second kappa shape index (κ2) is 4.26.